The highest BCUT2D eigenvalue weighted by Crippen LogP contribution is 2.37. The Morgan fingerprint density at radius 3 is 1.76 bits per heavy atom. The van der Waals surface area contributed by atoms with E-state index in [0.29, 0.717) is 0 Å². The fraction of sp³-hybridized carbons (Fsp3) is 0. The number of aromatic nitrogens is 3. The van der Waals surface area contributed by atoms with Gasteiger partial charge in [0.05, 0.1) is 27.9 Å². The van der Waals surface area contributed by atoms with Gasteiger partial charge in [-0.2, -0.15) is 0 Å². The van der Waals surface area contributed by atoms with E-state index in [-0.39, 0.29) is 0 Å². The van der Waals surface area contributed by atoms with Crippen molar-refractivity contribution in [3.63, 3.8) is 0 Å². The van der Waals surface area contributed by atoms with Crippen LogP contribution in [0.3, 0.4) is 0 Å². The van der Waals surface area contributed by atoms with Crippen molar-refractivity contribution < 1.29 is 0 Å². The van der Waals surface area contributed by atoms with Crippen LogP contribution in [0.4, 0.5) is 0 Å². The molecule has 0 radical (unpaired) electrons. The van der Waals surface area contributed by atoms with Crippen molar-refractivity contribution in [2.24, 2.45) is 0 Å². The van der Waals surface area contributed by atoms with Crippen LogP contribution < -0.4 is 0 Å². The molecule has 0 saturated heterocycles. The molecular formula is C43H27N3. The lowest BCUT2D eigenvalue weighted by Crippen LogP contribution is -1.91. The second-order valence-corrected chi connectivity index (χ2v) is 11.7. The smallest absolute Gasteiger partial charge is 0.0972 e. The van der Waals surface area contributed by atoms with E-state index in [2.05, 4.69) is 157 Å². The first kappa shape index (κ1) is 26.2. The van der Waals surface area contributed by atoms with Gasteiger partial charge in [-0.15, -0.1) is 0 Å². The summed E-state index contributed by atoms with van der Waals surface area (Å²) < 4.78 is 0. The fourth-order valence-electron chi connectivity index (χ4n) is 6.55. The van der Waals surface area contributed by atoms with Crippen LogP contribution in [0, 0.1) is 0 Å². The summed E-state index contributed by atoms with van der Waals surface area (Å²) in [6.07, 6.45) is 1.83. The average Bonchev–Trinajstić information content (AvgIpc) is 3.14. The zero-order valence-electron chi connectivity index (χ0n) is 24.9. The molecular weight excluding hydrogens is 558 g/mol. The lowest BCUT2D eigenvalue weighted by molar-refractivity contribution is 1.37. The van der Waals surface area contributed by atoms with E-state index in [9.17, 15) is 0 Å². The molecule has 0 saturated carbocycles. The molecule has 0 fully saturated rings. The molecule has 0 atom stereocenters. The highest BCUT2D eigenvalue weighted by Gasteiger charge is 2.13. The molecule has 9 aromatic rings. The number of fused-ring (bicyclic) bond motifs is 6. The van der Waals surface area contributed by atoms with Gasteiger partial charge in [0.2, 0.25) is 0 Å². The molecule has 0 aliphatic carbocycles. The number of rotatable bonds is 4. The Hall–Kier alpha value is -6.19. The van der Waals surface area contributed by atoms with Crippen LogP contribution in [0.1, 0.15) is 0 Å². The Morgan fingerprint density at radius 1 is 0.370 bits per heavy atom. The van der Waals surface area contributed by atoms with Crippen molar-refractivity contribution in [2.75, 3.05) is 0 Å². The van der Waals surface area contributed by atoms with Gasteiger partial charge >= 0.3 is 0 Å². The molecule has 3 heteroatoms. The summed E-state index contributed by atoms with van der Waals surface area (Å²) in [6, 6.07) is 55.6. The Balaban J connectivity index is 1.07. The van der Waals surface area contributed by atoms with Crippen molar-refractivity contribution in [3.8, 4) is 44.8 Å². The second-order valence-electron chi connectivity index (χ2n) is 11.7. The topological polar surface area (TPSA) is 38.7 Å². The van der Waals surface area contributed by atoms with E-state index in [1.54, 1.807) is 0 Å². The minimum Gasteiger partial charge on any atom is -0.254 e. The van der Waals surface area contributed by atoms with E-state index in [1.165, 1.54) is 27.3 Å². The first-order valence-electron chi connectivity index (χ1n) is 15.5. The lowest BCUT2D eigenvalue weighted by atomic mass is 9.94. The molecule has 214 valence electrons. The Kier molecular flexibility index (Phi) is 6.14. The second kappa shape index (κ2) is 10.8. The Labute approximate surface area is 266 Å². The summed E-state index contributed by atoms with van der Waals surface area (Å²) in [5, 5.41) is 5.83. The van der Waals surface area contributed by atoms with Gasteiger partial charge in [-0.3, -0.25) is 4.98 Å². The SMILES string of the molecule is c1ccc(-c2cc(-c3ccc(-c4ccc(-c5ccc6ccc7cccnc7c6n5)cc4)cc3)nc3ccc4ccccc4c23)cc1. The van der Waals surface area contributed by atoms with E-state index >= 15 is 0 Å². The summed E-state index contributed by atoms with van der Waals surface area (Å²) in [5.41, 5.74) is 11.6. The zero-order chi connectivity index (χ0) is 30.5. The monoisotopic (exact) mass is 585 g/mol. The van der Waals surface area contributed by atoms with Gasteiger partial charge in [0, 0.05) is 33.5 Å². The summed E-state index contributed by atoms with van der Waals surface area (Å²) >= 11 is 0. The normalized spacial score (nSPS) is 11.5. The first-order chi connectivity index (χ1) is 22.8. The number of hydrogen-bond acceptors (Lipinski definition) is 3. The molecule has 0 aliphatic heterocycles. The largest absolute Gasteiger partial charge is 0.254 e. The predicted octanol–water partition coefficient (Wildman–Crippen LogP) is 11.2. The van der Waals surface area contributed by atoms with Gasteiger partial charge in [-0.1, -0.05) is 133 Å². The molecule has 0 amide bonds. The van der Waals surface area contributed by atoms with Crippen LogP contribution in [0.5, 0.6) is 0 Å². The molecule has 0 aliphatic rings. The standard InChI is InChI=1S/C43H27N3/c1-2-7-30(8-3-1)37-27-40(45-39-25-22-31-9-4-5-11-36(31)41(37)39)33-18-14-29(15-19-33)28-12-16-32(17-13-28)38-24-23-35-21-20-34-10-6-26-44-42(34)43(35)46-38/h1-27H. The molecule has 0 N–H and O–H groups in total. The number of nitrogens with zero attached hydrogens (tertiary/aromatic N) is 3. The van der Waals surface area contributed by atoms with Gasteiger partial charge in [0.1, 0.15) is 0 Å². The number of pyridine rings is 3. The van der Waals surface area contributed by atoms with Crippen molar-refractivity contribution in [1.82, 2.24) is 15.0 Å². The summed E-state index contributed by atoms with van der Waals surface area (Å²) in [4.78, 5) is 14.8. The van der Waals surface area contributed by atoms with Gasteiger partial charge < -0.3 is 0 Å². The molecule has 0 bridgehead atoms. The van der Waals surface area contributed by atoms with Crippen molar-refractivity contribution in [3.05, 3.63) is 164 Å². The van der Waals surface area contributed by atoms with Gasteiger partial charge in [-0.25, -0.2) is 9.97 Å². The van der Waals surface area contributed by atoms with E-state index in [4.69, 9.17) is 9.97 Å². The van der Waals surface area contributed by atoms with Crippen LogP contribution >= 0.6 is 0 Å². The van der Waals surface area contributed by atoms with E-state index in [1.807, 2.05) is 12.3 Å². The summed E-state index contributed by atoms with van der Waals surface area (Å²) in [6.45, 7) is 0. The third kappa shape index (κ3) is 4.49. The maximum absolute atomic E-state index is 5.16. The minimum atomic E-state index is 0.932. The predicted molar refractivity (Wildman–Crippen MR) is 192 cm³/mol. The number of hydrogen-bond donors (Lipinski definition) is 0. The molecule has 3 aromatic heterocycles. The van der Waals surface area contributed by atoms with Gasteiger partial charge in [0.15, 0.2) is 0 Å². The van der Waals surface area contributed by atoms with Crippen molar-refractivity contribution >= 4 is 43.5 Å². The number of benzene rings is 6. The highest BCUT2D eigenvalue weighted by molar-refractivity contribution is 6.13. The van der Waals surface area contributed by atoms with E-state index < -0.39 is 0 Å². The Morgan fingerprint density at radius 2 is 0.978 bits per heavy atom. The van der Waals surface area contributed by atoms with Crippen LogP contribution in [-0.2, 0) is 0 Å². The maximum atomic E-state index is 5.16. The van der Waals surface area contributed by atoms with Crippen LogP contribution in [-0.4, -0.2) is 15.0 Å². The third-order valence-corrected chi connectivity index (χ3v) is 8.91. The molecule has 46 heavy (non-hydrogen) atoms. The van der Waals surface area contributed by atoms with Crippen molar-refractivity contribution in [1.29, 1.82) is 0 Å². The Bertz CT molecular complexity index is 2550. The lowest BCUT2D eigenvalue weighted by Gasteiger charge is -2.13. The molecule has 3 heterocycles. The van der Waals surface area contributed by atoms with Crippen LogP contribution in [0.2, 0.25) is 0 Å². The molecule has 0 spiro atoms. The van der Waals surface area contributed by atoms with Gasteiger partial charge in [0.25, 0.3) is 0 Å². The minimum absolute atomic E-state index is 0.932. The summed E-state index contributed by atoms with van der Waals surface area (Å²) in [7, 11) is 0. The highest BCUT2D eigenvalue weighted by atomic mass is 14.8. The molecule has 9 rings (SSSR count). The average molecular weight is 586 g/mol. The third-order valence-electron chi connectivity index (χ3n) is 8.91. The summed E-state index contributed by atoms with van der Waals surface area (Å²) in [5.74, 6) is 0. The quantitative estimate of drug-likeness (QED) is 0.193. The molecule has 6 aromatic carbocycles. The van der Waals surface area contributed by atoms with Crippen LogP contribution in [0.25, 0.3) is 88.2 Å². The maximum Gasteiger partial charge on any atom is 0.0972 e. The first-order valence-corrected chi connectivity index (χ1v) is 15.5. The zero-order valence-corrected chi connectivity index (χ0v) is 24.9. The van der Waals surface area contributed by atoms with E-state index in [0.717, 1.165) is 61.0 Å². The van der Waals surface area contributed by atoms with Gasteiger partial charge in [-0.05, 0) is 57.3 Å². The fourth-order valence-corrected chi connectivity index (χ4v) is 6.55. The van der Waals surface area contributed by atoms with Crippen molar-refractivity contribution in [2.45, 2.75) is 0 Å². The van der Waals surface area contributed by atoms with Crippen LogP contribution in [0.15, 0.2) is 164 Å². The molecule has 3 nitrogen and oxygen atoms in total. The molecule has 0 unspecified atom stereocenters.